The molecule has 2 atom stereocenters. The van der Waals surface area contributed by atoms with Gasteiger partial charge in [0.2, 0.25) is 5.91 Å². The van der Waals surface area contributed by atoms with Gasteiger partial charge in [0.15, 0.2) is 0 Å². The van der Waals surface area contributed by atoms with E-state index in [1.165, 1.54) is 25.7 Å². The largest absolute Gasteiger partial charge is 0.340 e. The number of carbonyl (C=O) groups excluding carboxylic acids is 1. The molecule has 0 spiro atoms. The zero-order valence-electron chi connectivity index (χ0n) is 14.2. The third-order valence-corrected chi connectivity index (χ3v) is 5.31. The number of amides is 1. The molecule has 2 aliphatic rings. The maximum absolute atomic E-state index is 12.3. The molecule has 2 N–H and O–H groups in total. The van der Waals surface area contributed by atoms with Crippen LogP contribution in [0.25, 0.3) is 0 Å². The molecule has 1 saturated carbocycles. The molecule has 4 nitrogen and oxygen atoms in total. The van der Waals surface area contributed by atoms with E-state index in [-0.39, 0.29) is 42.7 Å². The van der Waals surface area contributed by atoms with Crippen LogP contribution in [0.2, 0.25) is 0 Å². The Bertz CT molecular complexity index is 325. The SMILES string of the molecule is CC1CCC(N2CCN(C(=O)C(C)C(C)N)CC2)CC1.Cl.Cl. The van der Waals surface area contributed by atoms with Gasteiger partial charge in [0.25, 0.3) is 0 Å². The fourth-order valence-corrected chi connectivity index (χ4v) is 3.43. The Morgan fingerprint density at radius 1 is 1.00 bits per heavy atom. The zero-order chi connectivity index (χ0) is 14.7. The standard InChI is InChI=1S/C16H31N3O.2ClH/c1-12-4-6-15(7-5-12)18-8-10-19(11-9-18)16(20)13(2)14(3)17;;/h12-15H,4-11,17H2,1-3H3;2*1H. The Kier molecular flexibility index (Phi) is 9.95. The van der Waals surface area contributed by atoms with Crippen LogP contribution in [0, 0.1) is 11.8 Å². The van der Waals surface area contributed by atoms with Crippen molar-refractivity contribution in [2.75, 3.05) is 26.2 Å². The first-order valence-electron chi connectivity index (χ1n) is 8.27. The van der Waals surface area contributed by atoms with Crippen LogP contribution in [-0.2, 0) is 4.79 Å². The molecule has 0 aromatic heterocycles. The minimum Gasteiger partial charge on any atom is -0.340 e. The summed E-state index contributed by atoms with van der Waals surface area (Å²) in [5.74, 6) is 1.08. The number of rotatable bonds is 3. The van der Waals surface area contributed by atoms with Crippen LogP contribution < -0.4 is 5.73 Å². The molecule has 22 heavy (non-hydrogen) atoms. The maximum Gasteiger partial charge on any atom is 0.227 e. The maximum atomic E-state index is 12.3. The second kappa shape index (κ2) is 9.96. The van der Waals surface area contributed by atoms with Crippen molar-refractivity contribution in [2.24, 2.45) is 17.6 Å². The van der Waals surface area contributed by atoms with Crippen molar-refractivity contribution in [3.8, 4) is 0 Å². The second-order valence-corrected chi connectivity index (χ2v) is 6.92. The monoisotopic (exact) mass is 353 g/mol. The summed E-state index contributed by atoms with van der Waals surface area (Å²) in [6, 6.07) is 0.703. The lowest BCUT2D eigenvalue weighted by Crippen LogP contribution is -2.54. The zero-order valence-corrected chi connectivity index (χ0v) is 15.8. The molecular formula is C16H33Cl2N3O. The summed E-state index contributed by atoms with van der Waals surface area (Å²) in [4.78, 5) is 16.9. The van der Waals surface area contributed by atoms with Gasteiger partial charge in [0, 0.05) is 38.3 Å². The number of nitrogens with zero attached hydrogens (tertiary/aromatic N) is 2. The molecule has 0 aromatic rings. The van der Waals surface area contributed by atoms with Crippen molar-refractivity contribution in [2.45, 2.75) is 58.5 Å². The summed E-state index contributed by atoms with van der Waals surface area (Å²) >= 11 is 0. The van der Waals surface area contributed by atoms with Crippen LogP contribution in [0.1, 0.15) is 46.5 Å². The van der Waals surface area contributed by atoms with Crippen LogP contribution in [0.15, 0.2) is 0 Å². The first-order chi connectivity index (χ1) is 9.49. The van der Waals surface area contributed by atoms with Crippen molar-refractivity contribution in [3.63, 3.8) is 0 Å². The molecule has 0 radical (unpaired) electrons. The predicted molar refractivity (Wildman–Crippen MR) is 96.9 cm³/mol. The van der Waals surface area contributed by atoms with Crippen LogP contribution in [-0.4, -0.2) is 54.0 Å². The molecule has 1 aliphatic heterocycles. The van der Waals surface area contributed by atoms with Gasteiger partial charge in [-0.25, -0.2) is 0 Å². The molecule has 1 heterocycles. The fraction of sp³-hybridized carbons (Fsp3) is 0.938. The highest BCUT2D eigenvalue weighted by Gasteiger charge is 2.30. The van der Waals surface area contributed by atoms with E-state index in [0.717, 1.165) is 38.1 Å². The molecule has 0 aromatic carbocycles. The second-order valence-electron chi connectivity index (χ2n) is 6.92. The highest BCUT2D eigenvalue weighted by Crippen LogP contribution is 2.27. The minimum atomic E-state index is -0.0583. The van der Waals surface area contributed by atoms with E-state index < -0.39 is 0 Å². The lowest BCUT2D eigenvalue weighted by molar-refractivity contribution is -0.137. The van der Waals surface area contributed by atoms with Gasteiger partial charge in [-0.05, 0) is 38.5 Å². The molecule has 2 unspecified atom stereocenters. The Balaban J connectivity index is 0.00000220. The predicted octanol–water partition coefficient (Wildman–Crippen LogP) is 2.54. The Morgan fingerprint density at radius 2 is 1.50 bits per heavy atom. The van der Waals surface area contributed by atoms with Gasteiger partial charge >= 0.3 is 0 Å². The third kappa shape index (κ3) is 5.55. The van der Waals surface area contributed by atoms with Gasteiger partial charge in [-0.1, -0.05) is 13.8 Å². The Hall–Kier alpha value is -0.0300. The van der Waals surface area contributed by atoms with E-state index in [4.69, 9.17) is 5.73 Å². The fourth-order valence-electron chi connectivity index (χ4n) is 3.43. The van der Waals surface area contributed by atoms with Gasteiger partial charge < -0.3 is 10.6 Å². The molecule has 1 amide bonds. The lowest BCUT2D eigenvalue weighted by atomic mass is 9.86. The number of carbonyl (C=O) groups is 1. The Labute approximate surface area is 148 Å². The normalized spacial score (nSPS) is 29.0. The van der Waals surface area contributed by atoms with Crippen LogP contribution in [0.3, 0.4) is 0 Å². The van der Waals surface area contributed by atoms with Crippen LogP contribution in [0.5, 0.6) is 0 Å². The molecule has 6 heteroatoms. The van der Waals surface area contributed by atoms with Gasteiger partial charge in [-0.15, -0.1) is 24.8 Å². The first-order valence-corrected chi connectivity index (χ1v) is 8.27. The molecule has 0 bridgehead atoms. The van der Waals surface area contributed by atoms with E-state index in [0.29, 0.717) is 0 Å². The van der Waals surface area contributed by atoms with Crippen LogP contribution in [0.4, 0.5) is 0 Å². The van der Waals surface area contributed by atoms with Crippen molar-refractivity contribution >= 4 is 30.7 Å². The number of hydrogen-bond donors (Lipinski definition) is 1. The van der Waals surface area contributed by atoms with Crippen LogP contribution >= 0.6 is 24.8 Å². The third-order valence-electron chi connectivity index (χ3n) is 5.31. The minimum absolute atomic E-state index is 0. The van der Waals surface area contributed by atoms with Gasteiger partial charge in [0.1, 0.15) is 0 Å². The molecule has 2 fully saturated rings. The van der Waals surface area contributed by atoms with E-state index in [1.54, 1.807) is 0 Å². The summed E-state index contributed by atoms with van der Waals surface area (Å²) in [5.41, 5.74) is 5.84. The summed E-state index contributed by atoms with van der Waals surface area (Å²) in [6.07, 6.45) is 5.41. The molecule has 1 aliphatic carbocycles. The topological polar surface area (TPSA) is 49.6 Å². The number of piperazine rings is 1. The summed E-state index contributed by atoms with van der Waals surface area (Å²) in [7, 11) is 0. The number of hydrogen-bond acceptors (Lipinski definition) is 3. The highest BCUT2D eigenvalue weighted by molar-refractivity contribution is 5.85. The molecular weight excluding hydrogens is 321 g/mol. The summed E-state index contributed by atoms with van der Waals surface area (Å²) in [5, 5.41) is 0. The Morgan fingerprint density at radius 3 is 1.95 bits per heavy atom. The number of halogens is 2. The summed E-state index contributed by atoms with van der Waals surface area (Å²) in [6.45, 7) is 10.1. The van der Waals surface area contributed by atoms with Gasteiger partial charge in [0.05, 0.1) is 5.92 Å². The van der Waals surface area contributed by atoms with Crippen molar-refractivity contribution in [1.29, 1.82) is 0 Å². The smallest absolute Gasteiger partial charge is 0.227 e. The van der Waals surface area contributed by atoms with Crippen molar-refractivity contribution in [3.05, 3.63) is 0 Å². The van der Waals surface area contributed by atoms with Gasteiger partial charge in [-0.2, -0.15) is 0 Å². The van der Waals surface area contributed by atoms with E-state index >= 15 is 0 Å². The lowest BCUT2D eigenvalue weighted by Gasteiger charge is -2.42. The molecule has 132 valence electrons. The van der Waals surface area contributed by atoms with Crippen molar-refractivity contribution in [1.82, 2.24) is 9.80 Å². The summed E-state index contributed by atoms with van der Waals surface area (Å²) < 4.78 is 0. The average molecular weight is 354 g/mol. The average Bonchev–Trinajstić information content (AvgIpc) is 2.46. The van der Waals surface area contributed by atoms with Gasteiger partial charge in [-0.3, -0.25) is 9.69 Å². The quantitative estimate of drug-likeness (QED) is 0.847. The van der Waals surface area contributed by atoms with E-state index in [1.807, 2.05) is 18.7 Å². The number of nitrogens with two attached hydrogens (primary N) is 1. The first kappa shape index (κ1) is 22.0. The molecule has 2 rings (SSSR count). The van der Waals surface area contributed by atoms with Crippen molar-refractivity contribution < 1.29 is 4.79 Å². The van der Waals surface area contributed by atoms with E-state index in [9.17, 15) is 4.79 Å². The molecule has 1 saturated heterocycles. The van der Waals surface area contributed by atoms with E-state index in [2.05, 4.69) is 11.8 Å². The highest BCUT2D eigenvalue weighted by atomic mass is 35.5.